The van der Waals surface area contributed by atoms with Crippen molar-refractivity contribution < 1.29 is 37.3 Å². The summed E-state index contributed by atoms with van der Waals surface area (Å²) in [7, 11) is 0. The number of aliphatic hydroxyl groups excluding tert-OH is 1. The van der Waals surface area contributed by atoms with Crippen molar-refractivity contribution in [2.24, 2.45) is 5.41 Å². The monoisotopic (exact) mass is 478 g/mol. The maximum atomic E-state index is 12.7. The topological polar surface area (TPSA) is 96.9 Å². The number of carbonyl (C=O) groups is 2. The van der Waals surface area contributed by atoms with Gasteiger partial charge in [-0.25, -0.2) is 0 Å². The standard InChI is InChI=1S/C24H25F3N2O5/c1-23(10-11-23)15-33-18-8-4-17(5-9-18)21(31)29-20(22(32)28-12-13-30)14-16-2-6-19(7-3-16)34-24(25,26)27/h2-9,14,30H,10-13,15H2,1H3,(H,28,32)(H,29,31)/b20-14+. The van der Waals surface area contributed by atoms with Crippen LogP contribution in [0.5, 0.6) is 11.5 Å². The third-order valence-electron chi connectivity index (χ3n) is 5.12. The first kappa shape index (κ1) is 25.1. The fraction of sp³-hybridized carbons (Fsp3) is 0.333. The lowest BCUT2D eigenvalue weighted by Crippen LogP contribution is -2.36. The quantitative estimate of drug-likeness (QED) is 0.453. The number of amides is 2. The first-order valence-electron chi connectivity index (χ1n) is 10.6. The molecule has 1 saturated carbocycles. The van der Waals surface area contributed by atoms with Gasteiger partial charge in [-0.15, -0.1) is 13.2 Å². The highest BCUT2D eigenvalue weighted by Crippen LogP contribution is 2.45. The van der Waals surface area contributed by atoms with Crippen molar-refractivity contribution in [1.29, 1.82) is 0 Å². The molecule has 2 aromatic rings. The summed E-state index contributed by atoms with van der Waals surface area (Å²) in [5.41, 5.74) is 0.695. The molecular weight excluding hydrogens is 453 g/mol. The lowest BCUT2D eigenvalue weighted by atomic mass is 10.1. The number of alkyl halides is 3. The summed E-state index contributed by atoms with van der Waals surface area (Å²) in [5.74, 6) is -1.03. The molecule has 34 heavy (non-hydrogen) atoms. The zero-order valence-electron chi connectivity index (χ0n) is 18.4. The number of ether oxygens (including phenoxy) is 2. The predicted octanol–water partition coefficient (Wildman–Crippen LogP) is 3.64. The predicted molar refractivity (Wildman–Crippen MR) is 118 cm³/mol. The van der Waals surface area contributed by atoms with E-state index in [0.717, 1.165) is 25.0 Å². The van der Waals surface area contributed by atoms with Gasteiger partial charge in [-0.3, -0.25) is 9.59 Å². The van der Waals surface area contributed by atoms with Crippen LogP contribution in [0, 0.1) is 5.41 Å². The summed E-state index contributed by atoms with van der Waals surface area (Å²) in [6.07, 6.45) is -1.27. The molecular formula is C24H25F3N2O5. The van der Waals surface area contributed by atoms with Crippen LogP contribution < -0.4 is 20.1 Å². The molecule has 0 radical (unpaired) electrons. The molecule has 1 fully saturated rings. The molecule has 10 heteroatoms. The second-order valence-electron chi connectivity index (χ2n) is 8.23. The molecule has 0 bridgehead atoms. The summed E-state index contributed by atoms with van der Waals surface area (Å²) in [5, 5.41) is 13.9. The van der Waals surface area contributed by atoms with Crippen LogP contribution in [-0.2, 0) is 4.79 Å². The van der Waals surface area contributed by atoms with Crippen molar-refractivity contribution in [3.05, 3.63) is 65.4 Å². The van der Waals surface area contributed by atoms with Crippen molar-refractivity contribution in [3.63, 3.8) is 0 Å². The minimum absolute atomic E-state index is 0.0463. The van der Waals surface area contributed by atoms with Crippen molar-refractivity contribution in [2.75, 3.05) is 19.8 Å². The van der Waals surface area contributed by atoms with Crippen LogP contribution in [0.4, 0.5) is 13.2 Å². The molecule has 3 rings (SSSR count). The second-order valence-corrected chi connectivity index (χ2v) is 8.23. The summed E-state index contributed by atoms with van der Waals surface area (Å²) in [6, 6.07) is 11.2. The van der Waals surface area contributed by atoms with E-state index < -0.39 is 23.9 Å². The molecule has 0 aliphatic heterocycles. The van der Waals surface area contributed by atoms with E-state index in [4.69, 9.17) is 9.84 Å². The zero-order chi connectivity index (χ0) is 24.8. The number of rotatable bonds is 10. The third kappa shape index (κ3) is 7.80. The van der Waals surface area contributed by atoms with Crippen molar-refractivity contribution in [2.45, 2.75) is 26.1 Å². The Morgan fingerprint density at radius 3 is 2.24 bits per heavy atom. The van der Waals surface area contributed by atoms with Crippen molar-refractivity contribution in [3.8, 4) is 11.5 Å². The van der Waals surface area contributed by atoms with Gasteiger partial charge in [0, 0.05) is 17.5 Å². The van der Waals surface area contributed by atoms with Gasteiger partial charge in [0.05, 0.1) is 13.2 Å². The van der Waals surface area contributed by atoms with Crippen molar-refractivity contribution in [1.82, 2.24) is 10.6 Å². The second kappa shape index (κ2) is 10.6. The summed E-state index contributed by atoms with van der Waals surface area (Å²) in [4.78, 5) is 25.2. The Morgan fingerprint density at radius 1 is 1.06 bits per heavy atom. The van der Waals surface area contributed by atoms with Gasteiger partial charge in [0.25, 0.3) is 11.8 Å². The molecule has 0 heterocycles. The smallest absolute Gasteiger partial charge is 0.493 e. The Bertz CT molecular complexity index is 1030. The molecule has 0 atom stereocenters. The van der Waals surface area contributed by atoms with Gasteiger partial charge in [0.1, 0.15) is 17.2 Å². The summed E-state index contributed by atoms with van der Waals surface area (Å²) >= 11 is 0. The number of halogens is 3. The summed E-state index contributed by atoms with van der Waals surface area (Å²) in [6.45, 7) is 2.39. The van der Waals surface area contributed by atoms with Gasteiger partial charge < -0.3 is 25.2 Å². The number of hydrogen-bond donors (Lipinski definition) is 3. The molecule has 2 amide bonds. The van der Waals surface area contributed by atoms with E-state index in [0.29, 0.717) is 17.9 Å². The Kier molecular flexibility index (Phi) is 7.83. The lowest BCUT2D eigenvalue weighted by Gasteiger charge is -2.13. The molecule has 0 spiro atoms. The van der Waals surface area contributed by atoms with Crippen LogP contribution >= 0.6 is 0 Å². The fourth-order valence-corrected chi connectivity index (χ4v) is 2.87. The molecule has 2 aromatic carbocycles. The van der Waals surface area contributed by atoms with Crippen LogP contribution in [0.15, 0.2) is 54.2 Å². The Balaban J connectivity index is 1.71. The molecule has 0 aromatic heterocycles. The Labute approximate surface area is 194 Å². The van der Waals surface area contributed by atoms with Gasteiger partial charge in [0.15, 0.2) is 0 Å². The maximum absolute atomic E-state index is 12.7. The van der Waals surface area contributed by atoms with E-state index in [-0.39, 0.29) is 29.8 Å². The van der Waals surface area contributed by atoms with Gasteiger partial charge >= 0.3 is 6.36 Å². The van der Waals surface area contributed by atoms with Crippen LogP contribution in [0.25, 0.3) is 6.08 Å². The molecule has 0 unspecified atom stereocenters. The minimum atomic E-state index is -4.82. The summed E-state index contributed by atoms with van der Waals surface area (Å²) < 4.78 is 46.6. The van der Waals surface area contributed by atoms with E-state index in [1.807, 2.05) is 0 Å². The first-order chi connectivity index (χ1) is 16.1. The highest BCUT2D eigenvalue weighted by Gasteiger charge is 2.38. The van der Waals surface area contributed by atoms with Crippen LogP contribution in [0.3, 0.4) is 0 Å². The van der Waals surface area contributed by atoms with Crippen LogP contribution in [-0.4, -0.2) is 43.0 Å². The van der Waals surface area contributed by atoms with E-state index in [1.54, 1.807) is 24.3 Å². The average Bonchev–Trinajstić information content (AvgIpc) is 3.53. The SMILES string of the molecule is CC1(COc2ccc(C(=O)N/C(=C/c3ccc(OC(F)(F)F)cc3)C(=O)NCCO)cc2)CC1. The van der Waals surface area contributed by atoms with Crippen LogP contribution in [0.2, 0.25) is 0 Å². The van der Waals surface area contributed by atoms with E-state index in [1.165, 1.54) is 18.2 Å². The first-order valence-corrected chi connectivity index (χ1v) is 10.6. The van der Waals surface area contributed by atoms with Crippen molar-refractivity contribution >= 4 is 17.9 Å². The Hall–Kier alpha value is -3.53. The average molecular weight is 478 g/mol. The Morgan fingerprint density at radius 2 is 1.68 bits per heavy atom. The molecule has 7 nitrogen and oxygen atoms in total. The molecule has 1 aliphatic rings. The molecule has 182 valence electrons. The number of carbonyl (C=O) groups excluding carboxylic acids is 2. The van der Waals surface area contributed by atoms with E-state index in [9.17, 15) is 22.8 Å². The number of nitrogens with one attached hydrogen (secondary N) is 2. The zero-order valence-corrected chi connectivity index (χ0v) is 18.4. The number of aliphatic hydroxyl groups is 1. The molecule has 0 saturated heterocycles. The van der Waals surface area contributed by atoms with Gasteiger partial charge in [-0.1, -0.05) is 19.1 Å². The highest BCUT2D eigenvalue weighted by molar-refractivity contribution is 6.05. The number of hydrogen-bond acceptors (Lipinski definition) is 5. The lowest BCUT2D eigenvalue weighted by molar-refractivity contribution is -0.274. The van der Waals surface area contributed by atoms with Crippen LogP contribution in [0.1, 0.15) is 35.7 Å². The van der Waals surface area contributed by atoms with E-state index >= 15 is 0 Å². The largest absolute Gasteiger partial charge is 0.573 e. The molecule has 3 N–H and O–H groups in total. The van der Waals surface area contributed by atoms with Gasteiger partial charge in [-0.2, -0.15) is 0 Å². The highest BCUT2D eigenvalue weighted by atomic mass is 19.4. The normalized spacial score (nSPS) is 14.8. The van der Waals surface area contributed by atoms with Gasteiger partial charge in [0.2, 0.25) is 0 Å². The van der Waals surface area contributed by atoms with Gasteiger partial charge in [-0.05, 0) is 60.9 Å². The van der Waals surface area contributed by atoms with E-state index in [2.05, 4.69) is 22.3 Å². The third-order valence-corrected chi connectivity index (χ3v) is 5.12. The maximum Gasteiger partial charge on any atom is 0.573 e. The fourth-order valence-electron chi connectivity index (χ4n) is 2.87. The number of benzene rings is 2. The minimum Gasteiger partial charge on any atom is -0.493 e. The molecule has 1 aliphatic carbocycles.